The third-order valence-corrected chi connectivity index (χ3v) is 8.80. The summed E-state index contributed by atoms with van der Waals surface area (Å²) in [6, 6.07) is 1.48. The van der Waals surface area contributed by atoms with Crippen LogP contribution < -0.4 is 17.0 Å². The fraction of sp³-hybridized carbons (Fsp3) is 0.500. The van der Waals surface area contributed by atoms with Crippen LogP contribution >= 0.6 is 7.82 Å². The summed E-state index contributed by atoms with van der Waals surface area (Å²) in [5.41, 5.74) is 11.9. The van der Waals surface area contributed by atoms with Crippen molar-refractivity contribution in [3.05, 3.63) is 35.3 Å². The molecule has 0 aromatic carbocycles. The van der Waals surface area contributed by atoms with Crippen LogP contribution in [0.25, 0.3) is 22.2 Å². The number of nitrogens with one attached hydrogen (secondary N) is 1. The van der Waals surface area contributed by atoms with Gasteiger partial charge in [0.15, 0.2) is 29.6 Å². The number of nitrogens with zero attached hydrogens (tertiary/aromatic N) is 6. The molecule has 9 atom stereocenters. The molecule has 2 bridgehead atoms. The minimum atomic E-state index is -4.80. The molecule has 218 valence electrons. The number of nitrogen functional groups attached to an aromatic ring is 2. The van der Waals surface area contributed by atoms with Gasteiger partial charge in [-0.3, -0.25) is 23.4 Å². The molecule has 19 heteroatoms. The number of hydrogen-bond acceptors (Lipinski definition) is 14. The molecule has 7 rings (SSSR count). The molecule has 0 amide bonds. The van der Waals surface area contributed by atoms with E-state index in [0.717, 1.165) is 0 Å². The summed E-state index contributed by atoms with van der Waals surface area (Å²) in [5.74, 6) is -0.584. The largest absolute Gasteiger partial charge is 0.472 e. The predicted molar refractivity (Wildman–Crippen MR) is 138 cm³/mol. The molecule has 3 saturated heterocycles. The highest BCUT2D eigenvalue weighted by molar-refractivity contribution is 7.47. The Morgan fingerprint density at radius 2 is 1.83 bits per heavy atom. The molecule has 7 heterocycles. The zero-order chi connectivity index (χ0) is 28.6. The highest BCUT2D eigenvalue weighted by Gasteiger charge is 2.52. The van der Waals surface area contributed by atoms with Crippen LogP contribution in [0.15, 0.2) is 29.7 Å². The average Bonchev–Trinajstić information content (AvgIpc) is 3.67. The normalized spacial score (nSPS) is 36.0. The van der Waals surface area contributed by atoms with E-state index in [0.29, 0.717) is 11.2 Å². The number of phosphoric acid groups is 1. The molecule has 8 N–H and O–H groups in total. The Balaban J connectivity index is 1.20. The van der Waals surface area contributed by atoms with Gasteiger partial charge in [-0.15, -0.1) is 0 Å². The van der Waals surface area contributed by atoms with E-state index in [-0.39, 0.29) is 35.6 Å². The van der Waals surface area contributed by atoms with Gasteiger partial charge in [0.25, 0.3) is 5.56 Å². The van der Waals surface area contributed by atoms with Gasteiger partial charge in [-0.2, -0.15) is 4.98 Å². The maximum atomic E-state index is 13.1. The number of phosphoric ester groups is 1. The van der Waals surface area contributed by atoms with Crippen LogP contribution in [-0.4, -0.2) is 86.3 Å². The molecule has 0 radical (unpaired) electrons. The van der Waals surface area contributed by atoms with Crippen molar-refractivity contribution < 1.29 is 38.2 Å². The Labute approximate surface area is 229 Å². The van der Waals surface area contributed by atoms with Gasteiger partial charge in [0.1, 0.15) is 30.2 Å². The number of aromatic nitrogens is 7. The van der Waals surface area contributed by atoms with Gasteiger partial charge in [-0.05, 0) is 18.9 Å². The smallest absolute Gasteiger partial charge is 0.388 e. The van der Waals surface area contributed by atoms with Crippen molar-refractivity contribution in [3.63, 3.8) is 0 Å². The van der Waals surface area contributed by atoms with Crippen LogP contribution in [-0.2, 0) is 23.1 Å². The number of H-pyrrole nitrogens is 1. The van der Waals surface area contributed by atoms with Crippen molar-refractivity contribution in [2.75, 3.05) is 18.1 Å². The van der Waals surface area contributed by atoms with Crippen molar-refractivity contribution >= 4 is 41.8 Å². The molecule has 3 unspecified atom stereocenters. The van der Waals surface area contributed by atoms with Crippen LogP contribution in [0.5, 0.6) is 0 Å². The molecule has 4 aromatic rings. The predicted octanol–water partition coefficient (Wildman–Crippen LogP) is -0.842. The molecule has 18 nitrogen and oxygen atoms in total. The van der Waals surface area contributed by atoms with Crippen LogP contribution in [0.3, 0.4) is 0 Å². The minimum absolute atomic E-state index is 0.137. The molecular formula is C22H26N9O9P. The van der Waals surface area contributed by atoms with Crippen molar-refractivity contribution in [2.24, 2.45) is 5.92 Å². The minimum Gasteiger partial charge on any atom is -0.388 e. The molecule has 3 aliphatic rings. The van der Waals surface area contributed by atoms with Gasteiger partial charge in [0.05, 0.1) is 30.5 Å². The fourth-order valence-corrected chi connectivity index (χ4v) is 6.80. The standard InChI is InChI=1S/C22H26N9O9P/c23-16-12-18(26-6-25-16)31(7-27-12)20-13(32)8-1-2-10-14(33)15(40-41(35,36)37-5-11(8)39-20)21(38-10)30-4-3-9-17(30)28-22(24)29-19(9)34/h3-4,6-8,10-11,13-15,20-21,32-33H,1-2,5H2,(H,35,36)(H2,23,25,26)(H3,24,28,29,34)/t8-,10?,11?,13-,14-,15-,20-,21-/m1/s1. The zero-order valence-corrected chi connectivity index (χ0v) is 22.0. The number of aromatic amines is 1. The van der Waals surface area contributed by atoms with E-state index in [2.05, 4.69) is 24.9 Å². The first kappa shape index (κ1) is 26.4. The molecule has 0 saturated carbocycles. The summed E-state index contributed by atoms with van der Waals surface area (Å²) in [6.45, 7) is -0.394. The van der Waals surface area contributed by atoms with Crippen molar-refractivity contribution in [3.8, 4) is 0 Å². The summed E-state index contributed by atoms with van der Waals surface area (Å²) in [5, 5.41) is 22.7. The molecular weight excluding hydrogens is 565 g/mol. The number of hydrogen-bond donors (Lipinski definition) is 6. The van der Waals surface area contributed by atoms with E-state index in [4.69, 9.17) is 30.0 Å². The van der Waals surface area contributed by atoms with Crippen LogP contribution in [0, 0.1) is 5.92 Å². The Morgan fingerprint density at radius 1 is 1.02 bits per heavy atom. The van der Waals surface area contributed by atoms with Gasteiger partial charge in [0.2, 0.25) is 5.95 Å². The Kier molecular flexibility index (Phi) is 6.14. The summed E-state index contributed by atoms with van der Waals surface area (Å²) in [7, 11) is -4.80. The lowest BCUT2D eigenvalue weighted by Gasteiger charge is -2.25. The van der Waals surface area contributed by atoms with Crippen LogP contribution in [0.2, 0.25) is 0 Å². The molecule has 0 spiro atoms. The second-order valence-corrected chi connectivity index (χ2v) is 11.6. The third-order valence-electron chi connectivity index (χ3n) is 7.81. The van der Waals surface area contributed by atoms with Gasteiger partial charge in [-0.25, -0.2) is 19.5 Å². The van der Waals surface area contributed by atoms with Gasteiger partial charge in [-0.1, -0.05) is 0 Å². The Bertz CT molecular complexity index is 1740. The molecule has 3 fully saturated rings. The number of anilines is 2. The lowest BCUT2D eigenvalue weighted by atomic mass is 9.90. The third kappa shape index (κ3) is 4.31. The Hall–Kier alpha value is -3.48. The van der Waals surface area contributed by atoms with E-state index >= 15 is 0 Å². The van der Waals surface area contributed by atoms with Crippen molar-refractivity contribution in [2.45, 2.75) is 55.8 Å². The topological polar surface area (TPSA) is 261 Å². The van der Waals surface area contributed by atoms with Crippen LogP contribution in [0.4, 0.5) is 11.8 Å². The summed E-state index contributed by atoms with van der Waals surface area (Å²) in [4.78, 5) is 41.9. The molecule has 41 heavy (non-hydrogen) atoms. The summed E-state index contributed by atoms with van der Waals surface area (Å²) >= 11 is 0. The number of ether oxygens (including phenoxy) is 2. The molecule has 0 aliphatic carbocycles. The van der Waals surface area contributed by atoms with Crippen molar-refractivity contribution in [1.82, 2.24) is 34.1 Å². The first-order chi connectivity index (χ1) is 19.6. The quantitative estimate of drug-likeness (QED) is 0.155. The van der Waals surface area contributed by atoms with E-state index in [9.17, 15) is 24.5 Å². The number of aliphatic hydroxyl groups is 2. The monoisotopic (exact) mass is 591 g/mol. The zero-order valence-electron chi connectivity index (χ0n) is 21.1. The number of fused-ring (bicyclic) bond motifs is 5. The number of imidazole rings is 1. The SMILES string of the molecule is Nc1nc2c(ccn2[C@@H]2OC3CC[C@@H]4C(COP(=O)(O)O[C@@H]2[C@@H]3O)O[C@@H](n2cnc3c(N)ncnc32)[C@@H]4O)c(=O)[nH]1. The Morgan fingerprint density at radius 3 is 2.66 bits per heavy atom. The van der Waals surface area contributed by atoms with E-state index in [1.165, 1.54) is 34.1 Å². The highest BCUT2D eigenvalue weighted by atomic mass is 31.2. The number of rotatable bonds is 2. The second kappa shape index (κ2) is 9.53. The first-order valence-corrected chi connectivity index (χ1v) is 14.2. The average molecular weight is 591 g/mol. The maximum Gasteiger partial charge on any atom is 0.472 e. The highest BCUT2D eigenvalue weighted by Crippen LogP contribution is 2.52. The van der Waals surface area contributed by atoms with Gasteiger partial charge >= 0.3 is 7.82 Å². The lowest BCUT2D eigenvalue weighted by Crippen LogP contribution is -2.34. The van der Waals surface area contributed by atoms with E-state index in [1.807, 2.05) is 0 Å². The lowest BCUT2D eigenvalue weighted by molar-refractivity contribution is -0.0602. The van der Waals surface area contributed by atoms with E-state index < -0.39 is 68.9 Å². The van der Waals surface area contributed by atoms with Gasteiger partial charge in [0, 0.05) is 12.1 Å². The van der Waals surface area contributed by atoms with Crippen LogP contribution in [0.1, 0.15) is 25.3 Å². The summed E-state index contributed by atoms with van der Waals surface area (Å²) < 4.78 is 39.0. The first-order valence-electron chi connectivity index (χ1n) is 12.7. The fourth-order valence-electron chi connectivity index (χ4n) is 5.87. The van der Waals surface area contributed by atoms with E-state index in [1.54, 1.807) is 0 Å². The molecule has 4 aromatic heterocycles. The van der Waals surface area contributed by atoms with Gasteiger partial charge < -0.3 is 40.6 Å². The maximum absolute atomic E-state index is 13.1. The molecule has 3 aliphatic heterocycles. The van der Waals surface area contributed by atoms with Crippen molar-refractivity contribution in [1.29, 1.82) is 0 Å². The number of aliphatic hydroxyl groups excluding tert-OH is 2. The second-order valence-electron chi connectivity index (χ2n) is 10.2. The number of nitrogens with two attached hydrogens (primary N) is 2. The summed E-state index contributed by atoms with van der Waals surface area (Å²) in [6.07, 6.45) is -3.02.